The molecule has 19 heavy (non-hydrogen) atoms. The third-order valence-electron chi connectivity index (χ3n) is 3.42. The maximum Gasteiger partial charge on any atom is 0.238 e. The van der Waals surface area contributed by atoms with Gasteiger partial charge >= 0.3 is 0 Å². The van der Waals surface area contributed by atoms with Crippen molar-refractivity contribution in [1.29, 1.82) is 0 Å². The van der Waals surface area contributed by atoms with Gasteiger partial charge in [0.2, 0.25) is 5.91 Å². The van der Waals surface area contributed by atoms with Crippen LogP contribution in [-0.2, 0) is 4.79 Å². The molecular formula is C14H18Cl2N2O. The van der Waals surface area contributed by atoms with E-state index < -0.39 is 0 Å². The normalized spacial score (nSPS) is 15.7. The molecule has 104 valence electrons. The molecule has 5 heteroatoms. The standard InChI is InChI=1S/C14H18Cl2N2O/c15-11-6-3-7-12(16)14(11)18-13(19)9-17-8-10-4-1-2-5-10/h3,6-7,10,17H,1-2,4-5,8-9H2,(H,18,19). The van der Waals surface area contributed by atoms with Crippen molar-refractivity contribution in [3.05, 3.63) is 28.2 Å². The van der Waals surface area contributed by atoms with Crippen LogP contribution in [0.3, 0.4) is 0 Å². The highest BCUT2D eigenvalue weighted by Gasteiger charge is 2.15. The van der Waals surface area contributed by atoms with Crippen molar-refractivity contribution in [2.45, 2.75) is 25.7 Å². The number of carbonyl (C=O) groups is 1. The van der Waals surface area contributed by atoms with Gasteiger partial charge in [-0.3, -0.25) is 4.79 Å². The van der Waals surface area contributed by atoms with E-state index in [4.69, 9.17) is 23.2 Å². The van der Waals surface area contributed by atoms with Crippen LogP contribution in [-0.4, -0.2) is 19.0 Å². The molecule has 0 saturated heterocycles. The number of anilines is 1. The van der Waals surface area contributed by atoms with E-state index in [1.54, 1.807) is 18.2 Å². The number of nitrogens with one attached hydrogen (secondary N) is 2. The summed E-state index contributed by atoms with van der Waals surface area (Å²) in [5, 5.41) is 6.84. The van der Waals surface area contributed by atoms with Crippen molar-refractivity contribution in [3.8, 4) is 0 Å². The minimum atomic E-state index is -0.118. The molecule has 1 fully saturated rings. The molecule has 1 aliphatic carbocycles. The lowest BCUT2D eigenvalue weighted by Gasteiger charge is -2.12. The Balaban J connectivity index is 1.77. The van der Waals surface area contributed by atoms with Crippen LogP contribution >= 0.6 is 23.2 Å². The lowest BCUT2D eigenvalue weighted by atomic mass is 10.1. The van der Waals surface area contributed by atoms with Crippen LogP contribution in [0.4, 0.5) is 5.69 Å². The first kappa shape index (κ1) is 14.6. The summed E-state index contributed by atoms with van der Waals surface area (Å²) in [4.78, 5) is 11.8. The molecule has 0 aromatic heterocycles. The Hall–Kier alpha value is -0.770. The Kier molecular flexibility index (Phi) is 5.49. The number of hydrogen-bond acceptors (Lipinski definition) is 2. The summed E-state index contributed by atoms with van der Waals surface area (Å²) >= 11 is 12.0. The monoisotopic (exact) mass is 300 g/mol. The van der Waals surface area contributed by atoms with E-state index in [2.05, 4.69) is 10.6 Å². The van der Waals surface area contributed by atoms with E-state index in [1.165, 1.54) is 25.7 Å². The van der Waals surface area contributed by atoms with Crippen molar-refractivity contribution in [2.75, 3.05) is 18.4 Å². The predicted molar refractivity (Wildman–Crippen MR) is 79.9 cm³/mol. The minimum Gasteiger partial charge on any atom is -0.322 e. The smallest absolute Gasteiger partial charge is 0.238 e. The molecule has 1 saturated carbocycles. The third-order valence-corrected chi connectivity index (χ3v) is 4.05. The second-order valence-corrected chi connectivity index (χ2v) is 5.74. The highest BCUT2D eigenvalue weighted by Crippen LogP contribution is 2.29. The van der Waals surface area contributed by atoms with Crippen molar-refractivity contribution < 1.29 is 4.79 Å². The second-order valence-electron chi connectivity index (χ2n) is 4.93. The van der Waals surface area contributed by atoms with Crippen LogP contribution in [0.5, 0.6) is 0 Å². The molecule has 0 unspecified atom stereocenters. The molecule has 3 nitrogen and oxygen atoms in total. The number of para-hydroxylation sites is 1. The fourth-order valence-electron chi connectivity index (χ4n) is 2.41. The maximum atomic E-state index is 11.8. The second kappa shape index (κ2) is 7.13. The SMILES string of the molecule is O=C(CNCC1CCCC1)Nc1c(Cl)cccc1Cl. The van der Waals surface area contributed by atoms with Gasteiger partial charge in [0, 0.05) is 0 Å². The summed E-state index contributed by atoms with van der Waals surface area (Å²) in [7, 11) is 0. The van der Waals surface area contributed by atoms with Gasteiger partial charge in [-0.05, 0) is 37.4 Å². The zero-order valence-electron chi connectivity index (χ0n) is 10.7. The lowest BCUT2D eigenvalue weighted by Crippen LogP contribution is -2.31. The summed E-state index contributed by atoms with van der Waals surface area (Å²) in [5.41, 5.74) is 0.485. The van der Waals surface area contributed by atoms with Crippen molar-refractivity contribution in [2.24, 2.45) is 5.92 Å². The summed E-state index contributed by atoms with van der Waals surface area (Å²) in [6, 6.07) is 5.16. The number of carbonyl (C=O) groups excluding carboxylic acids is 1. The molecule has 0 atom stereocenters. The summed E-state index contributed by atoms with van der Waals surface area (Å²) < 4.78 is 0. The van der Waals surface area contributed by atoms with E-state index in [-0.39, 0.29) is 12.5 Å². The van der Waals surface area contributed by atoms with Gasteiger partial charge in [-0.1, -0.05) is 42.1 Å². The maximum absolute atomic E-state index is 11.8. The first-order valence-electron chi connectivity index (χ1n) is 6.61. The van der Waals surface area contributed by atoms with Crippen LogP contribution in [0.25, 0.3) is 0 Å². The first-order chi connectivity index (χ1) is 9.16. The van der Waals surface area contributed by atoms with Gasteiger partial charge in [0.15, 0.2) is 0 Å². The number of amides is 1. The molecule has 0 bridgehead atoms. The van der Waals surface area contributed by atoms with E-state index >= 15 is 0 Å². The summed E-state index contributed by atoms with van der Waals surface area (Å²) in [6.45, 7) is 1.20. The summed E-state index contributed by atoms with van der Waals surface area (Å²) in [6.07, 6.45) is 5.16. The van der Waals surface area contributed by atoms with Crippen molar-refractivity contribution in [1.82, 2.24) is 5.32 Å². The van der Waals surface area contributed by atoms with Crippen LogP contribution in [0.2, 0.25) is 10.0 Å². The van der Waals surface area contributed by atoms with Gasteiger partial charge in [0.05, 0.1) is 22.3 Å². The van der Waals surface area contributed by atoms with Gasteiger partial charge in [-0.25, -0.2) is 0 Å². The Bertz CT molecular complexity index is 425. The fourth-order valence-corrected chi connectivity index (χ4v) is 2.90. The average molecular weight is 301 g/mol. The predicted octanol–water partition coefficient (Wildman–Crippen LogP) is 3.71. The molecule has 0 aliphatic heterocycles. The lowest BCUT2D eigenvalue weighted by molar-refractivity contribution is -0.115. The highest BCUT2D eigenvalue weighted by atomic mass is 35.5. The molecular weight excluding hydrogens is 283 g/mol. The molecule has 1 aromatic carbocycles. The molecule has 1 aliphatic rings. The molecule has 2 rings (SSSR count). The Morgan fingerprint density at radius 3 is 2.47 bits per heavy atom. The van der Waals surface area contributed by atoms with Crippen molar-refractivity contribution >= 4 is 34.8 Å². The van der Waals surface area contributed by atoms with Crippen LogP contribution in [0, 0.1) is 5.92 Å². The number of halogens is 2. The zero-order valence-corrected chi connectivity index (χ0v) is 12.2. The third kappa shape index (κ3) is 4.37. The van der Waals surface area contributed by atoms with Crippen LogP contribution < -0.4 is 10.6 Å². The van der Waals surface area contributed by atoms with E-state index in [0.29, 0.717) is 15.7 Å². The molecule has 1 amide bonds. The number of hydrogen-bond donors (Lipinski definition) is 2. The largest absolute Gasteiger partial charge is 0.322 e. The number of benzene rings is 1. The highest BCUT2D eigenvalue weighted by molar-refractivity contribution is 6.39. The Morgan fingerprint density at radius 1 is 1.21 bits per heavy atom. The molecule has 0 spiro atoms. The topological polar surface area (TPSA) is 41.1 Å². The first-order valence-corrected chi connectivity index (χ1v) is 7.37. The Labute approximate surface area is 123 Å². The zero-order chi connectivity index (χ0) is 13.7. The van der Waals surface area contributed by atoms with Gasteiger partial charge in [0.25, 0.3) is 0 Å². The Morgan fingerprint density at radius 2 is 1.84 bits per heavy atom. The minimum absolute atomic E-state index is 0.118. The van der Waals surface area contributed by atoms with Gasteiger partial charge in [-0.15, -0.1) is 0 Å². The van der Waals surface area contributed by atoms with E-state index in [0.717, 1.165) is 12.5 Å². The molecule has 1 aromatic rings. The quantitative estimate of drug-likeness (QED) is 0.870. The average Bonchev–Trinajstić information content (AvgIpc) is 2.87. The van der Waals surface area contributed by atoms with Gasteiger partial charge < -0.3 is 10.6 Å². The van der Waals surface area contributed by atoms with Crippen LogP contribution in [0.1, 0.15) is 25.7 Å². The van der Waals surface area contributed by atoms with Gasteiger partial charge in [0.1, 0.15) is 0 Å². The summed E-state index contributed by atoms with van der Waals surface area (Å²) in [5.74, 6) is 0.602. The van der Waals surface area contributed by atoms with Crippen molar-refractivity contribution in [3.63, 3.8) is 0 Å². The van der Waals surface area contributed by atoms with Crippen LogP contribution in [0.15, 0.2) is 18.2 Å². The molecule has 2 N–H and O–H groups in total. The molecule has 0 heterocycles. The molecule has 0 radical (unpaired) electrons. The van der Waals surface area contributed by atoms with E-state index in [9.17, 15) is 4.79 Å². The van der Waals surface area contributed by atoms with E-state index in [1.807, 2.05) is 0 Å². The fraction of sp³-hybridized carbons (Fsp3) is 0.500. The number of rotatable bonds is 5. The van der Waals surface area contributed by atoms with Gasteiger partial charge in [-0.2, -0.15) is 0 Å².